The fourth-order valence-electron chi connectivity index (χ4n) is 15.6. The number of halogens is 5. The summed E-state index contributed by atoms with van der Waals surface area (Å²) in [7, 11) is 4.84. The molecule has 130 heavy (non-hydrogen) atoms. The molecule has 1 unspecified atom stereocenters. The number of nitrogens with two attached hydrogens (primary N) is 1. The number of aliphatic hydroxyl groups is 1. The van der Waals surface area contributed by atoms with Crippen molar-refractivity contribution in [1.82, 2.24) is 30.7 Å². The van der Waals surface area contributed by atoms with Crippen molar-refractivity contribution in [3.63, 3.8) is 0 Å². The summed E-state index contributed by atoms with van der Waals surface area (Å²) in [5.41, 5.74) is 19.9. The number of nitrogens with one attached hydrogen (secondary N) is 3. The van der Waals surface area contributed by atoms with Gasteiger partial charge in [0.25, 0.3) is 0 Å². The number of epoxide rings is 1. The molecule has 0 saturated carbocycles. The van der Waals surface area contributed by atoms with Crippen molar-refractivity contribution in [2.75, 3.05) is 119 Å². The molecule has 8 saturated heterocycles. The third kappa shape index (κ3) is 28.9. The van der Waals surface area contributed by atoms with E-state index in [0.717, 1.165) is 115 Å². The van der Waals surface area contributed by atoms with E-state index in [1.807, 2.05) is 118 Å². The van der Waals surface area contributed by atoms with Crippen LogP contribution < -0.4 is 71.4 Å². The van der Waals surface area contributed by atoms with E-state index in [1.165, 1.54) is 36.1 Å². The van der Waals surface area contributed by atoms with Gasteiger partial charge >= 0.3 is 55.0 Å². The van der Waals surface area contributed by atoms with Crippen LogP contribution in [0.15, 0.2) is 237 Å². The molecule has 0 radical (unpaired) electrons. The van der Waals surface area contributed by atoms with Gasteiger partial charge in [0.15, 0.2) is 0 Å². The molecule has 8 fully saturated rings. The van der Waals surface area contributed by atoms with Crippen molar-refractivity contribution in [3.8, 4) is 11.1 Å². The number of carbonyl (C=O) groups excluding carboxylic acids is 5. The number of hydrogen-bond acceptors (Lipinski definition) is 20. The molecule has 31 heteroatoms. The number of alkyl halides is 5. The van der Waals surface area contributed by atoms with Gasteiger partial charge in [-0.15, -0.1) is 11.6 Å². The van der Waals surface area contributed by atoms with Crippen molar-refractivity contribution in [1.29, 1.82) is 0 Å². The normalized spacial score (nSPS) is 19.7. The van der Waals surface area contributed by atoms with E-state index in [4.69, 9.17) is 59.9 Å². The van der Waals surface area contributed by atoms with Crippen molar-refractivity contribution >= 4 is 94.3 Å². The second kappa shape index (κ2) is 51.0. The van der Waals surface area contributed by atoms with Crippen LogP contribution in [0.5, 0.6) is 0 Å². The van der Waals surface area contributed by atoms with E-state index in [2.05, 4.69) is 210 Å². The number of hydrogen-bond donors (Lipinski definition) is 5. The van der Waals surface area contributed by atoms with Gasteiger partial charge in [-0.1, -0.05) is 238 Å². The largest absolute Gasteiger partial charge is 1.00 e. The average molecular weight is 1930 g/mol. The molecule has 0 bridgehead atoms. The first kappa shape index (κ1) is 107. The molecule has 10 aliphatic rings. The Morgan fingerprint density at radius 2 is 0.962 bits per heavy atom. The van der Waals surface area contributed by atoms with E-state index in [1.54, 1.807) is 31.1 Å². The van der Waals surface area contributed by atoms with Gasteiger partial charge < -0.3 is 70.8 Å². The first-order valence-electron chi connectivity index (χ1n) is 42.6. The average Bonchev–Trinajstić information content (AvgIpc) is 1.61. The minimum absolute atomic E-state index is 0. The monoisotopic (exact) mass is 1930 g/mol. The van der Waals surface area contributed by atoms with Crippen LogP contribution in [0.2, 0.25) is 0 Å². The number of benzene rings is 8. The number of pyridine rings is 1. The Balaban J connectivity index is 0.000000215. The number of amides is 4. The Kier molecular flexibility index (Phi) is 41.8. The van der Waals surface area contributed by atoms with Gasteiger partial charge in [0.2, 0.25) is 18.1 Å². The maximum Gasteiger partial charge on any atom is 1.00 e. The fourth-order valence-corrected chi connectivity index (χ4v) is 15.8. The molecule has 0 spiro atoms. The number of carbonyl (C=O) groups is 5. The third-order valence-electron chi connectivity index (χ3n) is 23.6. The van der Waals surface area contributed by atoms with Crippen LogP contribution in [0.1, 0.15) is 120 Å². The summed E-state index contributed by atoms with van der Waals surface area (Å²) in [6, 6.07) is 79.2. The summed E-state index contributed by atoms with van der Waals surface area (Å²) >= 11 is 7.42. The first-order chi connectivity index (χ1) is 61.1. The predicted molar refractivity (Wildman–Crippen MR) is 512 cm³/mol. The summed E-state index contributed by atoms with van der Waals surface area (Å²) in [5.74, 6) is 1.36. The maximum absolute atomic E-state index is 12.4. The minimum Gasteiger partial charge on any atom is -1.00 e. The quantitative estimate of drug-likeness (QED) is 0.0165. The van der Waals surface area contributed by atoms with Crippen LogP contribution in [-0.2, 0) is 65.0 Å². The number of rotatable bonds is 19. The molecular weight excluding hydrogens is 1810 g/mol. The van der Waals surface area contributed by atoms with E-state index in [-0.39, 0.29) is 112 Å². The number of methoxy groups -OCH3 is 3. The SMILES string of the molecule is C.C.CC(=O)NC[C@@H]1OC(=O)N2c3ccc(B4OC(C)(C)C(C)(C)O4)cc3C[C@@H]12.CI.COC1CN(C(c2ccccc2)c2ccccc2)C1.COC1CN(c2ccc(-c3ccc4c(c3)C[C@H]3[C@H](CNC(C)=O)OC(=O)N43)cn2)C1.COC1CNC1.ClCC1CO1.NC(c1ccccc1)c1ccccc1.O=CC(F)(F)F.OC1CN(C(c2ccccc2)c2ccccc2)C1.[H-].[Na+]. The Hall–Kier alpha value is -8.71. The number of cyclic esters (lactones) is 2. The molecule has 694 valence electrons. The topological polar surface area (TPSA) is 274 Å². The van der Waals surface area contributed by atoms with Crippen LogP contribution in [0, 0.1) is 0 Å². The van der Waals surface area contributed by atoms with Gasteiger partial charge in [-0.25, -0.2) is 14.6 Å². The second-order valence-corrected chi connectivity index (χ2v) is 33.2. The zero-order valence-corrected chi connectivity index (χ0v) is 79.3. The number of aliphatic hydroxyl groups excluding tert-OH is 1. The standard InChI is InChI=1S/C22H24N4O4.C19H25BN2O5.C17H19NO.C16H17NO.C13H13N.C4H9NO.C3H5ClO.C2HF3O.CH3I.2CH4.Na.H/c1-13(27)23-10-20-19-8-16-7-14(3-5-18(16)26(19)22(28)30-20)15-4-6-21(24-9-15)25-11-17(12-25)29-2;1-11(23)21-10-16-15-9-12-8-13(6-7-14(12)22(15)17(24)25-16)20-26-18(2,3)19(4,5)27-20;1-19-16-12-18(13-16)17(14-8-4-2-5-9-14)15-10-6-3-7-11-15;18-15-11-17(12-15)16(13-7-3-1-4-8-13)14-9-5-2-6-10-14;14-13(11-7-3-1-4-8-11)12-9-5-2-6-10-12;1-6-4-2-5-3-4;4-1-3-2-5-3;3-2(4,5)1-6;1-2;;;;/h3-7,9,17,19-20H,8,10-12H2,1-2H3,(H,23,27);6-8,15-16H,9-10H2,1-5H3,(H,21,23);2-11,16-17H,12-13H2,1H3;1-10,15-16,18H,11-12H2;1-10,13H,14H2;4-5H,2-3H2,1H3;3H,1-2H2;1H;1H3;2*1H4;;/q;;;;;;;;;;;+1;-1/t19-,20-;15-,16-;;;;;;;;;;;/m00.........../s1. The molecule has 1 aromatic heterocycles. The van der Waals surface area contributed by atoms with E-state index in [9.17, 15) is 37.5 Å². The van der Waals surface area contributed by atoms with Crippen LogP contribution in [0.25, 0.3) is 11.1 Å². The number of fused-ring (bicyclic) bond motifs is 6. The first-order valence-corrected chi connectivity index (χ1v) is 45.2. The zero-order valence-electron chi connectivity index (χ0n) is 75.4. The van der Waals surface area contributed by atoms with Gasteiger partial charge in [-0.2, -0.15) is 13.2 Å². The van der Waals surface area contributed by atoms with Crippen LogP contribution in [-0.4, -0.2) is 234 Å². The van der Waals surface area contributed by atoms with Gasteiger partial charge in [0.1, 0.15) is 18.0 Å². The van der Waals surface area contributed by atoms with Gasteiger partial charge in [0.05, 0.1) is 109 Å². The molecule has 4 amide bonds. The second-order valence-electron chi connectivity index (χ2n) is 32.9. The molecule has 19 rings (SSSR count). The number of anilines is 3. The smallest absolute Gasteiger partial charge is 1.00 e. The Morgan fingerprint density at radius 3 is 1.28 bits per heavy atom. The van der Waals surface area contributed by atoms with Crippen molar-refractivity contribution in [2.24, 2.45) is 5.73 Å². The van der Waals surface area contributed by atoms with Crippen LogP contribution in [0.4, 0.5) is 40.0 Å². The van der Waals surface area contributed by atoms with Gasteiger partial charge in [-0.3, -0.25) is 34.0 Å². The molecule has 8 aromatic carbocycles. The molecule has 11 heterocycles. The van der Waals surface area contributed by atoms with Crippen molar-refractivity contribution < 1.29 is 111 Å². The molecular formula is C99H125BClF3IN10NaO14. The summed E-state index contributed by atoms with van der Waals surface area (Å²) in [6.07, 6.45) is -2.42. The number of likely N-dealkylation sites (tertiary alicyclic amines) is 2. The molecule has 10 aliphatic heterocycles. The number of nitrogens with zero attached hydrogens (tertiary/aromatic N) is 6. The van der Waals surface area contributed by atoms with Gasteiger partial charge in [-0.05, 0) is 131 Å². The number of ether oxygens (including phenoxy) is 6. The van der Waals surface area contributed by atoms with E-state index in [0.29, 0.717) is 62.3 Å². The van der Waals surface area contributed by atoms with Crippen molar-refractivity contribution in [3.05, 3.63) is 281 Å². The number of β-amino-alcohol motifs (C(OH)–C–C–N with tert-alkyl or cyclic N) is 1. The zero-order chi connectivity index (χ0) is 91.0. The molecule has 9 aromatic rings. The summed E-state index contributed by atoms with van der Waals surface area (Å²) in [4.78, 5) is 72.8. The maximum atomic E-state index is 12.4. The fraction of sp³-hybridized carbons (Fsp3) is 0.414. The summed E-state index contributed by atoms with van der Waals surface area (Å²) in [6.45, 7) is 19.9. The molecule has 0 aliphatic carbocycles. The van der Waals surface area contributed by atoms with Gasteiger partial charge in [0, 0.05) is 99.3 Å². The predicted octanol–water partition coefficient (Wildman–Crippen LogP) is 12.1. The number of aldehydes is 1. The van der Waals surface area contributed by atoms with Crippen molar-refractivity contribution in [2.45, 2.75) is 160 Å². The van der Waals surface area contributed by atoms with E-state index >= 15 is 0 Å². The third-order valence-corrected chi connectivity index (χ3v) is 23.9. The Morgan fingerprint density at radius 1 is 0.592 bits per heavy atom. The molecule has 24 nitrogen and oxygen atoms in total. The summed E-state index contributed by atoms with van der Waals surface area (Å²) in [5, 5.41) is 18.1. The van der Waals surface area contributed by atoms with E-state index < -0.39 is 30.8 Å². The Bertz CT molecular complexity index is 4820. The molecule has 6 N–H and O–H groups in total. The van der Waals surface area contributed by atoms with Crippen LogP contribution in [0.3, 0.4) is 0 Å². The molecule has 5 atom stereocenters. The summed E-state index contributed by atoms with van der Waals surface area (Å²) < 4.78 is 74.8. The minimum atomic E-state index is -4.64. The van der Waals surface area contributed by atoms with Crippen LogP contribution >= 0.6 is 34.2 Å². The number of aromatic nitrogens is 1. The Labute approximate surface area is 806 Å².